The molecule has 3 aromatic heterocycles. The normalized spacial score (nSPS) is 11.0. The number of hydrogen-bond donors (Lipinski definition) is 1. The molecule has 2 aromatic carbocycles. The van der Waals surface area contributed by atoms with Crippen molar-refractivity contribution < 1.29 is 4.74 Å². The standard InChI is InChI=1S/C24H17N5O/c1-16-19(5-4-12-25-16)23-24(27-14-13-26-23)30-18-10-8-17(9-11-18)15-22-28-20-6-2-3-7-21(20)29-22/h2-14H,1H3,(H,28,29). The highest BCUT2D eigenvalue weighted by Gasteiger charge is 2.13. The van der Waals surface area contributed by atoms with Crippen molar-refractivity contribution >= 4 is 11.0 Å². The molecule has 3 heterocycles. The fraction of sp³-hybridized carbons (Fsp3) is 0.0417. The Labute approximate surface area is 173 Å². The SMILES string of the molecule is Cc1ncccc1-c1nccnc1Oc1ccc([C]c2nc3ccccc3[nH]2)cc1. The van der Waals surface area contributed by atoms with Crippen molar-refractivity contribution in [1.29, 1.82) is 0 Å². The molecule has 0 aliphatic carbocycles. The number of aryl methyl sites for hydroxylation is 1. The quantitative estimate of drug-likeness (QED) is 0.457. The van der Waals surface area contributed by atoms with Crippen molar-refractivity contribution in [3.63, 3.8) is 0 Å². The molecule has 0 fully saturated rings. The van der Waals surface area contributed by atoms with E-state index in [0.717, 1.165) is 27.9 Å². The zero-order chi connectivity index (χ0) is 20.3. The smallest absolute Gasteiger partial charge is 0.246 e. The third-order valence-electron chi connectivity index (χ3n) is 4.65. The van der Waals surface area contributed by atoms with Crippen LogP contribution in [-0.2, 0) is 0 Å². The van der Waals surface area contributed by atoms with Crippen LogP contribution in [0.4, 0.5) is 0 Å². The van der Waals surface area contributed by atoms with Crippen LogP contribution in [0.15, 0.2) is 79.3 Å². The fourth-order valence-corrected chi connectivity index (χ4v) is 3.19. The number of aromatic nitrogens is 5. The Kier molecular flexibility index (Phi) is 4.65. The van der Waals surface area contributed by atoms with Crippen molar-refractivity contribution in [1.82, 2.24) is 24.9 Å². The minimum Gasteiger partial charge on any atom is -0.437 e. The first-order valence-corrected chi connectivity index (χ1v) is 9.49. The summed E-state index contributed by atoms with van der Waals surface area (Å²) in [5, 5.41) is 0. The number of aromatic amines is 1. The molecule has 0 saturated heterocycles. The molecule has 6 heteroatoms. The second-order valence-electron chi connectivity index (χ2n) is 6.70. The Bertz CT molecular complexity index is 1280. The van der Waals surface area contributed by atoms with Gasteiger partial charge in [-0.15, -0.1) is 0 Å². The molecule has 0 bridgehead atoms. The number of para-hydroxylation sites is 2. The van der Waals surface area contributed by atoms with Gasteiger partial charge in [0.05, 0.1) is 17.5 Å². The number of imidazole rings is 1. The van der Waals surface area contributed by atoms with Crippen molar-refractivity contribution in [3.8, 4) is 22.9 Å². The zero-order valence-corrected chi connectivity index (χ0v) is 16.2. The van der Waals surface area contributed by atoms with Crippen LogP contribution in [0.25, 0.3) is 22.3 Å². The molecule has 0 saturated carbocycles. The van der Waals surface area contributed by atoms with Crippen LogP contribution < -0.4 is 4.74 Å². The number of H-pyrrole nitrogens is 1. The van der Waals surface area contributed by atoms with Crippen LogP contribution >= 0.6 is 0 Å². The lowest BCUT2D eigenvalue weighted by atomic mass is 10.1. The molecule has 30 heavy (non-hydrogen) atoms. The molecule has 0 aliphatic heterocycles. The van der Waals surface area contributed by atoms with Crippen LogP contribution in [0.1, 0.15) is 17.1 Å². The van der Waals surface area contributed by atoms with Gasteiger partial charge in [-0.2, -0.15) is 0 Å². The predicted molar refractivity (Wildman–Crippen MR) is 114 cm³/mol. The number of pyridine rings is 1. The topological polar surface area (TPSA) is 76.6 Å². The van der Waals surface area contributed by atoms with E-state index in [4.69, 9.17) is 4.74 Å². The summed E-state index contributed by atoms with van der Waals surface area (Å²) in [5.74, 6) is 1.79. The molecule has 6 nitrogen and oxygen atoms in total. The lowest BCUT2D eigenvalue weighted by Crippen LogP contribution is -1.96. The second kappa shape index (κ2) is 7.75. The van der Waals surface area contributed by atoms with Crippen molar-refractivity contribution in [2.24, 2.45) is 0 Å². The first kappa shape index (κ1) is 18.0. The molecular formula is C24H17N5O. The van der Waals surface area contributed by atoms with Gasteiger partial charge < -0.3 is 9.72 Å². The van der Waals surface area contributed by atoms with Crippen LogP contribution in [0.2, 0.25) is 0 Å². The largest absolute Gasteiger partial charge is 0.437 e. The summed E-state index contributed by atoms with van der Waals surface area (Å²) < 4.78 is 6.02. The van der Waals surface area contributed by atoms with E-state index in [9.17, 15) is 0 Å². The number of hydrogen-bond acceptors (Lipinski definition) is 5. The number of benzene rings is 2. The Morgan fingerprint density at radius 3 is 2.50 bits per heavy atom. The van der Waals surface area contributed by atoms with E-state index in [0.29, 0.717) is 23.1 Å². The fourth-order valence-electron chi connectivity index (χ4n) is 3.19. The van der Waals surface area contributed by atoms with Gasteiger partial charge in [0.25, 0.3) is 0 Å². The van der Waals surface area contributed by atoms with Crippen molar-refractivity contribution in [2.75, 3.05) is 0 Å². The maximum Gasteiger partial charge on any atom is 0.246 e. The van der Waals surface area contributed by atoms with Gasteiger partial charge >= 0.3 is 0 Å². The zero-order valence-electron chi connectivity index (χ0n) is 16.2. The molecule has 0 aliphatic rings. The van der Waals surface area contributed by atoms with Gasteiger partial charge in [0, 0.05) is 29.8 Å². The van der Waals surface area contributed by atoms with E-state index in [1.54, 1.807) is 18.6 Å². The summed E-state index contributed by atoms with van der Waals surface area (Å²) in [7, 11) is 0. The first-order valence-electron chi connectivity index (χ1n) is 9.49. The average Bonchev–Trinajstić information content (AvgIpc) is 3.18. The van der Waals surface area contributed by atoms with Gasteiger partial charge in [0.1, 0.15) is 17.3 Å². The summed E-state index contributed by atoms with van der Waals surface area (Å²) in [6, 6.07) is 19.3. The molecule has 1 N–H and O–H groups in total. The Morgan fingerprint density at radius 1 is 0.833 bits per heavy atom. The maximum atomic E-state index is 6.02. The monoisotopic (exact) mass is 391 g/mol. The first-order chi connectivity index (χ1) is 14.8. The average molecular weight is 391 g/mol. The van der Waals surface area contributed by atoms with E-state index in [2.05, 4.69) is 31.3 Å². The summed E-state index contributed by atoms with van der Waals surface area (Å²) in [6.45, 7) is 1.94. The summed E-state index contributed by atoms with van der Waals surface area (Å²) in [5.41, 5.74) is 5.22. The molecule has 0 amide bonds. The maximum absolute atomic E-state index is 6.02. The second-order valence-corrected chi connectivity index (χ2v) is 6.70. The van der Waals surface area contributed by atoms with Crippen LogP contribution in [0, 0.1) is 13.3 Å². The van der Waals surface area contributed by atoms with Gasteiger partial charge in [-0.1, -0.05) is 24.3 Å². The number of ether oxygens (including phenoxy) is 1. The molecule has 5 aromatic rings. The third-order valence-corrected chi connectivity index (χ3v) is 4.65. The van der Waals surface area contributed by atoms with E-state index in [1.807, 2.05) is 67.6 Å². The Morgan fingerprint density at radius 2 is 1.67 bits per heavy atom. The molecule has 144 valence electrons. The molecule has 5 rings (SSSR count). The van der Waals surface area contributed by atoms with Crippen molar-refractivity contribution in [3.05, 3.63) is 103 Å². The summed E-state index contributed by atoms with van der Waals surface area (Å²) in [4.78, 5) is 20.9. The molecule has 0 atom stereocenters. The Balaban J connectivity index is 1.36. The lowest BCUT2D eigenvalue weighted by Gasteiger charge is -2.10. The highest BCUT2D eigenvalue weighted by atomic mass is 16.5. The number of fused-ring (bicyclic) bond motifs is 1. The molecule has 0 spiro atoms. The van der Waals surface area contributed by atoms with Crippen LogP contribution in [0.5, 0.6) is 11.6 Å². The van der Waals surface area contributed by atoms with Crippen LogP contribution in [-0.4, -0.2) is 24.9 Å². The molecule has 0 unspecified atom stereocenters. The van der Waals surface area contributed by atoms with E-state index >= 15 is 0 Å². The highest BCUT2D eigenvalue weighted by Crippen LogP contribution is 2.30. The van der Waals surface area contributed by atoms with E-state index in [1.165, 1.54) is 0 Å². The van der Waals surface area contributed by atoms with E-state index in [-0.39, 0.29) is 0 Å². The minimum atomic E-state index is 0.437. The number of nitrogens with zero attached hydrogens (tertiary/aromatic N) is 4. The predicted octanol–water partition coefficient (Wildman–Crippen LogP) is 4.99. The third kappa shape index (κ3) is 3.63. The molecule has 2 radical (unpaired) electrons. The van der Waals surface area contributed by atoms with Crippen molar-refractivity contribution in [2.45, 2.75) is 6.92 Å². The number of nitrogens with one attached hydrogen (secondary N) is 1. The van der Waals surface area contributed by atoms with Gasteiger partial charge in [-0.3, -0.25) is 4.98 Å². The van der Waals surface area contributed by atoms with Gasteiger partial charge in [0.15, 0.2) is 0 Å². The summed E-state index contributed by atoms with van der Waals surface area (Å²) in [6.07, 6.45) is 8.29. The summed E-state index contributed by atoms with van der Waals surface area (Å²) >= 11 is 0. The van der Waals surface area contributed by atoms with Gasteiger partial charge in [0.2, 0.25) is 5.88 Å². The van der Waals surface area contributed by atoms with Gasteiger partial charge in [-0.05, 0) is 48.9 Å². The highest BCUT2D eigenvalue weighted by molar-refractivity contribution is 5.75. The minimum absolute atomic E-state index is 0.437. The van der Waals surface area contributed by atoms with Crippen LogP contribution in [0.3, 0.4) is 0 Å². The van der Waals surface area contributed by atoms with E-state index < -0.39 is 0 Å². The Hall–Kier alpha value is -4.06. The van der Waals surface area contributed by atoms with Gasteiger partial charge in [-0.25, -0.2) is 15.0 Å². The lowest BCUT2D eigenvalue weighted by molar-refractivity contribution is 0.462. The number of rotatable bonds is 5. The molecular weight excluding hydrogens is 374 g/mol.